The van der Waals surface area contributed by atoms with Gasteiger partial charge in [0, 0.05) is 0 Å². The number of rotatable bonds is 4. The Morgan fingerprint density at radius 3 is 2.19 bits per heavy atom. The van der Waals surface area contributed by atoms with Gasteiger partial charge in [0.1, 0.15) is 42.4 Å². The van der Waals surface area contributed by atoms with E-state index in [1.807, 2.05) is 33.9 Å². The van der Waals surface area contributed by atoms with E-state index in [4.69, 9.17) is 43.5 Å². The summed E-state index contributed by atoms with van der Waals surface area (Å²) in [6.07, 6.45) is -7.46. The maximum absolute atomic E-state index is 16.3. The molecule has 0 radical (unpaired) electrons. The third kappa shape index (κ3) is 6.97. The number of anilines is 2. The summed E-state index contributed by atoms with van der Waals surface area (Å²) in [6, 6.07) is 0. The lowest BCUT2D eigenvalue weighted by molar-refractivity contribution is -0.0567. The lowest BCUT2D eigenvalue weighted by Gasteiger charge is -2.40. The van der Waals surface area contributed by atoms with Crippen molar-refractivity contribution >= 4 is 80.5 Å². The maximum Gasteiger partial charge on any atom is 0.386 e. The van der Waals surface area contributed by atoms with Gasteiger partial charge in [0.2, 0.25) is 5.95 Å². The Morgan fingerprint density at radius 1 is 0.923 bits per heavy atom. The molecule has 3 saturated heterocycles. The molecule has 52 heavy (non-hydrogen) atoms. The second-order valence-corrected chi connectivity index (χ2v) is 24.5. The molecular formula is C26H37FN10O10P2S2Si. The molecule has 3 aliphatic rings. The number of hydrogen-bond donors (Lipinski definition) is 5. The molecule has 0 spiro atoms. The lowest BCUT2D eigenvalue weighted by Crippen LogP contribution is -2.50. The molecular weight excluding hydrogens is 786 g/mol. The van der Waals surface area contributed by atoms with Crippen LogP contribution in [-0.4, -0.2) is 97.3 Å². The Balaban J connectivity index is 1.27. The number of nitrogens with one attached hydrogen (secondary N) is 1. The number of H-pyrrole nitrogens is 1. The average molecular weight is 823 g/mol. The largest absolute Gasteiger partial charge is 0.408 e. The van der Waals surface area contributed by atoms with E-state index in [0.29, 0.717) is 0 Å². The third-order valence-electron chi connectivity index (χ3n) is 9.49. The first-order valence-electron chi connectivity index (χ1n) is 15.8. The standard InChI is InChI=1S/C26H37FN10O10P2S2Si/c1-26(2,3)52(4,5)47-17-12-7-42-48(39,50)45-16-11(43-23(13(16)27)36-9-32-14-19(28)30-8-31-20(14)36)6-41-49(40,51)46-18(17)24(44-12)37-10-33-15-21(37)34-25(29)35-22(15)38/h8-13,16-18,23-24H,6-7H2,1-5H3,(H,39,50)(H,40,51)(H2,28,30,31)(H3,29,34,35,38)/t11-,12-,13-,16-,17-,18-,23-,24?,48?,49?/m1/s1. The lowest BCUT2D eigenvalue weighted by atomic mass is 10.1. The van der Waals surface area contributed by atoms with Gasteiger partial charge in [-0.1, -0.05) is 45.3 Å². The number of nitrogens with two attached hydrogens (primary N) is 2. The number of thiol groups is 2. The predicted octanol–water partition coefficient (Wildman–Crippen LogP) is 3.54. The van der Waals surface area contributed by atoms with Crippen LogP contribution in [0.3, 0.4) is 0 Å². The average Bonchev–Trinajstić information content (AvgIpc) is 3.80. The summed E-state index contributed by atoms with van der Waals surface area (Å²) >= 11 is 8.45. The predicted molar refractivity (Wildman–Crippen MR) is 192 cm³/mol. The second kappa shape index (κ2) is 13.4. The van der Waals surface area contributed by atoms with E-state index in [1.54, 1.807) is 0 Å². The van der Waals surface area contributed by atoms with Crippen molar-refractivity contribution in [2.24, 2.45) is 0 Å². The Bertz CT molecular complexity index is 2170. The highest BCUT2D eigenvalue weighted by atomic mass is 32.7. The zero-order chi connectivity index (χ0) is 37.5. The molecule has 3 unspecified atom stereocenters. The molecule has 20 nitrogen and oxygen atoms in total. The van der Waals surface area contributed by atoms with Crippen LogP contribution < -0.4 is 17.0 Å². The van der Waals surface area contributed by atoms with Crippen molar-refractivity contribution in [3.05, 3.63) is 29.3 Å². The van der Waals surface area contributed by atoms with E-state index in [9.17, 15) is 13.9 Å². The molecule has 0 aromatic carbocycles. The number of fused-ring (bicyclic) bond motifs is 5. The van der Waals surface area contributed by atoms with Crippen molar-refractivity contribution in [1.29, 1.82) is 0 Å². The minimum atomic E-state index is -4.43. The molecule has 7 heterocycles. The number of aromatic amines is 1. The summed E-state index contributed by atoms with van der Waals surface area (Å²) in [5.74, 6) is -0.140. The molecule has 10 atom stereocenters. The molecule has 4 aromatic rings. The van der Waals surface area contributed by atoms with Gasteiger partial charge in [-0.25, -0.2) is 33.5 Å². The normalized spacial score (nSPS) is 34.9. The van der Waals surface area contributed by atoms with Gasteiger partial charge in [-0.15, -0.1) is 0 Å². The Hall–Kier alpha value is -2.47. The number of nitrogen functional groups attached to an aromatic ring is 2. The molecule has 7 rings (SSSR count). The highest BCUT2D eigenvalue weighted by Crippen LogP contribution is 2.61. The van der Waals surface area contributed by atoms with Crippen LogP contribution in [0.25, 0.3) is 22.3 Å². The number of halogens is 1. The Kier molecular flexibility index (Phi) is 9.73. The second-order valence-electron chi connectivity index (χ2n) is 13.9. The first kappa shape index (κ1) is 37.8. The van der Waals surface area contributed by atoms with E-state index in [1.165, 1.54) is 28.1 Å². The molecule has 0 saturated carbocycles. The van der Waals surface area contributed by atoms with Crippen molar-refractivity contribution in [3.63, 3.8) is 0 Å². The van der Waals surface area contributed by atoms with E-state index in [2.05, 4.69) is 54.4 Å². The SMILES string of the molecule is CC(C)(C)[Si](C)(C)O[C@@H]1[C@H]2COP(=O)(S)O[C@H]3[C@@H](F)[C@H](n4cnc5c(N)ncnc54)O[C@@H]3COP(=O)(S)O[C@H]1C(n1cnc3c(=O)[nH]c(N)nc31)O2. The molecule has 2 bridgehead atoms. The molecule has 3 aliphatic heterocycles. The molecule has 26 heteroatoms. The van der Waals surface area contributed by atoms with E-state index in [0.717, 1.165) is 0 Å². The highest BCUT2D eigenvalue weighted by Gasteiger charge is 2.56. The maximum atomic E-state index is 16.3. The van der Waals surface area contributed by atoms with Crippen LogP contribution in [0.2, 0.25) is 18.1 Å². The molecule has 0 aliphatic carbocycles. The van der Waals surface area contributed by atoms with Gasteiger partial charge >= 0.3 is 13.6 Å². The number of imidazole rings is 2. The van der Waals surface area contributed by atoms with Crippen LogP contribution in [0.1, 0.15) is 33.2 Å². The minimum Gasteiger partial charge on any atom is -0.408 e. The van der Waals surface area contributed by atoms with Gasteiger partial charge in [-0.2, -0.15) is 4.98 Å². The first-order chi connectivity index (χ1) is 24.3. The van der Waals surface area contributed by atoms with Gasteiger partial charge in [0.05, 0.1) is 25.9 Å². The van der Waals surface area contributed by atoms with Crippen molar-refractivity contribution in [2.45, 2.75) is 88.1 Å². The zero-order valence-electron chi connectivity index (χ0n) is 28.3. The number of aromatic nitrogens is 8. The zero-order valence-corrected chi connectivity index (χ0v) is 32.9. The van der Waals surface area contributed by atoms with Gasteiger partial charge < -0.3 is 25.4 Å². The fourth-order valence-electron chi connectivity index (χ4n) is 5.91. The third-order valence-corrected chi connectivity index (χ3v) is 17.2. The Labute approximate surface area is 306 Å². The summed E-state index contributed by atoms with van der Waals surface area (Å²) in [6.45, 7) is 0.00642. The fraction of sp³-hybridized carbons (Fsp3) is 0.615. The summed E-state index contributed by atoms with van der Waals surface area (Å²) in [5, 5.41) is -0.335. The minimum absolute atomic E-state index is 0.0213. The summed E-state index contributed by atoms with van der Waals surface area (Å²) in [7, 11) is -2.69. The van der Waals surface area contributed by atoms with Crippen molar-refractivity contribution in [3.8, 4) is 0 Å². The topological polar surface area (TPSA) is 258 Å². The van der Waals surface area contributed by atoms with Crippen molar-refractivity contribution in [1.82, 2.24) is 39.0 Å². The number of ether oxygens (including phenoxy) is 2. The van der Waals surface area contributed by atoms with Crippen LogP contribution in [0, 0.1) is 0 Å². The molecule has 284 valence electrons. The van der Waals surface area contributed by atoms with Crippen LogP contribution in [0.4, 0.5) is 16.2 Å². The number of nitrogens with zero attached hydrogens (tertiary/aromatic N) is 7. The number of alkyl halides is 1. The first-order valence-corrected chi connectivity index (χ1v) is 24.1. The molecule has 3 fully saturated rings. The number of hydrogen-bond acceptors (Lipinski definition) is 17. The van der Waals surface area contributed by atoms with Crippen molar-refractivity contribution < 1.29 is 45.5 Å². The van der Waals surface area contributed by atoms with Crippen molar-refractivity contribution in [2.75, 3.05) is 24.7 Å². The summed E-state index contributed by atoms with van der Waals surface area (Å²) in [5.41, 5.74) is 11.5. The monoisotopic (exact) mass is 822 g/mol. The Morgan fingerprint density at radius 2 is 1.52 bits per heavy atom. The summed E-state index contributed by atoms with van der Waals surface area (Å²) in [4.78, 5) is 35.6. The smallest absolute Gasteiger partial charge is 0.386 e. The van der Waals surface area contributed by atoms with Crippen LogP contribution in [-0.2, 0) is 41.1 Å². The van der Waals surface area contributed by atoms with Crippen LogP contribution in [0.5, 0.6) is 0 Å². The van der Waals surface area contributed by atoms with E-state index in [-0.39, 0.29) is 39.1 Å². The van der Waals surface area contributed by atoms with Crippen LogP contribution in [0.15, 0.2) is 23.8 Å². The molecule has 4 aromatic heterocycles. The van der Waals surface area contributed by atoms with Crippen LogP contribution >= 0.6 is 38.1 Å². The van der Waals surface area contributed by atoms with Gasteiger partial charge in [-0.05, 0) is 18.1 Å². The van der Waals surface area contributed by atoms with Gasteiger partial charge in [0.15, 0.2) is 49.6 Å². The van der Waals surface area contributed by atoms with E-state index >= 15 is 4.39 Å². The highest BCUT2D eigenvalue weighted by molar-refractivity contribution is 8.44. The molecule has 0 amide bonds. The molecule has 5 N–H and O–H groups in total. The fourth-order valence-corrected chi connectivity index (χ4v) is 10.2. The van der Waals surface area contributed by atoms with Gasteiger partial charge in [0.25, 0.3) is 5.56 Å². The van der Waals surface area contributed by atoms with Gasteiger partial charge in [-0.3, -0.25) is 37.0 Å². The van der Waals surface area contributed by atoms with E-state index < -0.39 is 89.8 Å². The quantitative estimate of drug-likeness (QED) is 0.112. The summed E-state index contributed by atoms with van der Waals surface area (Å²) < 4.78 is 89.4.